The summed E-state index contributed by atoms with van der Waals surface area (Å²) in [4.78, 5) is 70.4. The number of nitrogens with one attached hydrogen (secondary N) is 4. The Kier molecular flexibility index (Phi) is 14.7. The van der Waals surface area contributed by atoms with Gasteiger partial charge in [-0.05, 0) is 69.9 Å². The van der Waals surface area contributed by atoms with Crippen molar-refractivity contribution in [3.63, 3.8) is 0 Å². The van der Waals surface area contributed by atoms with Gasteiger partial charge in [0.05, 0.1) is 24.6 Å². The number of carbonyl (C=O) groups is 5. The van der Waals surface area contributed by atoms with Crippen LogP contribution in [0.15, 0.2) is 54.6 Å². The van der Waals surface area contributed by atoms with Crippen LogP contribution in [0, 0.1) is 5.92 Å². The minimum Gasteiger partial charge on any atom is -0.491 e. The molecule has 0 aromatic heterocycles. The zero-order valence-electron chi connectivity index (χ0n) is 28.2. The molecule has 2 aromatic rings. The molecule has 4 N–H and O–H groups in total. The first-order valence-electron chi connectivity index (χ1n) is 16.3. The van der Waals surface area contributed by atoms with E-state index in [1.807, 2.05) is 58.3 Å². The molecule has 1 aliphatic heterocycles. The average Bonchev–Trinajstić information content (AvgIpc) is 3.02. The van der Waals surface area contributed by atoms with Crippen molar-refractivity contribution in [1.29, 1.82) is 0 Å². The summed E-state index contributed by atoms with van der Waals surface area (Å²) in [5.74, 6) is -2.19. The van der Waals surface area contributed by atoms with Gasteiger partial charge in [0, 0.05) is 13.6 Å². The maximum atomic E-state index is 13.6. The highest BCUT2D eigenvalue weighted by Crippen LogP contribution is 2.19. The molecule has 0 fully saturated rings. The highest BCUT2D eigenvalue weighted by atomic mass is 16.5. The molecule has 0 saturated carbocycles. The van der Waals surface area contributed by atoms with E-state index in [1.54, 1.807) is 24.3 Å². The monoisotopic (exact) mass is 650 g/mol. The molecule has 47 heavy (non-hydrogen) atoms. The normalized spacial score (nSPS) is 20.1. The fraction of sp³-hybridized carbons (Fsp3) is 0.514. The summed E-state index contributed by atoms with van der Waals surface area (Å²) >= 11 is 0. The van der Waals surface area contributed by atoms with Gasteiger partial charge in [-0.1, -0.05) is 56.3 Å². The lowest BCUT2D eigenvalue weighted by Crippen LogP contribution is -2.53. The van der Waals surface area contributed by atoms with Crippen LogP contribution in [-0.2, 0) is 25.6 Å². The van der Waals surface area contributed by atoms with E-state index in [2.05, 4.69) is 26.2 Å². The van der Waals surface area contributed by atoms with Gasteiger partial charge >= 0.3 is 0 Å². The van der Waals surface area contributed by atoms with Crippen LogP contribution in [0.5, 0.6) is 5.75 Å². The van der Waals surface area contributed by atoms with Crippen molar-refractivity contribution < 1.29 is 28.7 Å². The summed E-state index contributed by atoms with van der Waals surface area (Å²) in [7, 11) is 5.46. The van der Waals surface area contributed by atoms with Gasteiger partial charge in [0.15, 0.2) is 0 Å². The Morgan fingerprint density at radius 3 is 2.36 bits per heavy atom. The summed E-state index contributed by atoms with van der Waals surface area (Å²) in [6.45, 7) is 4.89. The molecule has 0 saturated heterocycles. The molecule has 1 heterocycles. The fourth-order valence-corrected chi connectivity index (χ4v) is 5.32. The third kappa shape index (κ3) is 12.7. The third-order valence-electron chi connectivity index (χ3n) is 7.70. The zero-order valence-corrected chi connectivity index (χ0v) is 28.2. The van der Waals surface area contributed by atoms with Crippen LogP contribution in [0.4, 0.5) is 0 Å². The van der Waals surface area contributed by atoms with Crippen molar-refractivity contribution in [1.82, 2.24) is 31.1 Å². The second-order valence-corrected chi connectivity index (χ2v) is 12.7. The number of rotatable bonds is 10. The largest absolute Gasteiger partial charge is 0.491 e. The Balaban J connectivity index is 1.92. The van der Waals surface area contributed by atoms with Crippen LogP contribution in [0.1, 0.15) is 55.5 Å². The van der Waals surface area contributed by atoms with Gasteiger partial charge in [-0.25, -0.2) is 0 Å². The Bertz CT molecular complexity index is 1350. The van der Waals surface area contributed by atoms with Gasteiger partial charge in [-0.2, -0.15) is 0 Å². The molecule has 3 rings (SSSR count). The molecule has 0 unspecified atom stereocenters. The lowest BCUT2D eigenvalue weighted by atomic mass is 10.0. The summed E-state index contributed by atoms with van der Waals surface area (Å²) in [6.07, 6.45) is 1.97. The first-order valence-corrected chi connectivity index (χ1v) is 16.3. The van der Waals surface area contributed by atoms with E-state index in [4.69, 9.17) is 4.74 Å². The van der Waals surface area contributed by atoms with Gasteiger partial charge in [0.25, 0.3) is 5.91 Å². The van der Waals surface area contributed by atoms with Crippen molar-refractivity contribution in [2.75, 3.05) is 47.4 Å². The van der Waals surface area contributed by atoms with E-state index in [1.165, 1.54) is 11.9 Å². The van der Waals surface area contributed by atoms with Crippen LogP contribution in [-0.4, -0.2) is 105 Å². The SMILES string of the molecule is CC(C)C[C@H]1NC(=O)C[C@@H](C(=O)NCCCCN(C)C)NC(=O)c2ccccc2OC[C@@H](Cc2ccccc2)NC(=O)CN(C)C1=O. The number of likely N-dealkylation sites (N-methyl/N-ethyl adjacent to an activating group) is 1. The number of hydrogen-bond donors (Lipinski definition) is 4. The van der Waals surface area contributed by atoms with Gasteiger partial charge in [-0.15, -0.1) is 0 Å². The molecule has 0 aliphatic carbocycles. The molecule has 0 radical (unpaired) electrons. The number of carbonyl (C=O) groups excluding carboxylic acids is 5. The Morgan fingerprint density at radius 2 is 1.66 bits per heavy atom. The number of nitrogens with zero attached hydrogens (tertiary/aromatic N) is 2. The van der Waals surface area contributed by atoms with Gasteiger partial charge in [0.1, 0.15) is 24.4 Å². The van der Waals surface area contributed by atoms with E-state index in [0.29, 0.717) is 19.4 Å². The lowest BCUT2D eigenvalue weighted by Gasteiger charge is -2.27. The summed E-state index contributed by atoms with van der Waals surface area (Å²) in [5.41, 5.74) is 1.15. The molecule has 256 valence electrons. The molecule has 1 aliphatic rings. The van der Waals surface area contributed by atoms with Crippen LogP contribution >= 0.6 is 0 Å². The minimum atomic E-state index is -1.21. The highest BCUT2D eigenvalue weighted by Gasteiger charge is 2.31. The second-order valence-electron chi connectivity index (χ2n) is 12.7. The topological polar surface area (TPSA) is 149 Å². The van der Waals surface area contributed by atoms with Crippen molar-refractivity contribution in [3.05, 3.63) is 65.7 Å². The van der Waals surface area contributed by atoms with Crippen molar-refractivity contribution >= 4 is 29.5 Å². The first-order chi connectivity index (χ1) is 22.4. The fourth-order valence-electron chi connectivity index (χ4n) is 5.32. The van der Waals surface area contributed by atoms with E-state index >= 15 is 0 Å². The number of unbranched alkanes of at least 4 members (excludes halogenated alkanes) is 1. The smallest absolute Gasteiger partial charge is 0.255 e. The van der Waals surface area contributed by atoms with Crippen molar-refractivity contribution in [2.24, 2.45) is 5.92 Å². The van der Waals surface area contributed by atoms with Gasteiger partial charge < -0.3 is 35.8 Å². The van der Waals surface area contributed by atoms with Crippen LogP contribution in [0.25, 0.3) is 0 Å². The van der Waals surface area contributed by atoms with E-state index in [-0.39, 0.29) is 36.8 Å². The van der Waals surface area contributed by atoms with Crippen molar-refractivity contribution in [2.45, 2.75) is 64.1 Å². The van der Waals surface area contributed by atoms with E-state index < -0.39 is 47.7 Å². The van der Waals surface area contributed by atoms with Crippen LogP contribution in [0.3, 0.4) is 0 Å². The van der Waals surface area contributed by atoms with E-state index in [9.17, 15) is 24.0 Å². The Morgan fingerprint density at radius 1 is 0.957 bits per heavy atom. The molecule has 12 heteroatoms. The van der Waals surface area contributed by atoms with E-state index in [0.717, 1.165) is 24.9 Å². The van der Waals surface area contributed by atoms with Gasteiger partial charge in [0.2, 0.25) is 23.6 Å². The number of para-hydroxylation sites is 1. The zero-order chi connectivity index (χ0) is 34.3. The number of hydrogen-bond acceptors (Lipinski definition) is 7. The predicted molar refractivity (Wildman–Crippen MR) is 180 cm³/mol. The lowest BCUT2D eigenvalue weighted by molar-refractivity contribution is -0.139. The molecular formula is C35H50N6O6. The minimum absolute atomic E-state index is 0.0372. The number of ether oxygens (including phenoxy) is 1. The molecule has 2 aromatic carbocycles. The molecule has 5 amide bonds. The molecule has 0 bridgehead atoms. The summed E-state index contributed by atoms with van der Waals surface area (Å²) < 4.78 is 6.11. The van der Waals surface area contributed by atoms with Crippen LogP contribution in [0.2, 0.25) is 0 Å². The molecular weight excluding hydrogens is 600 g/mol. The first kappa shape index (κ1) is 37.0. The number of benzene rings is 2. The Labute approximate surface area is 278 Å². The summed E-state index contributed by atoms with van der Waals surface area (Å²) in [5, 5.41) is 11.3. The van der Waals surface area contributed by atoms with Crippen molar-refractivity contribution in [3.8, 4) is 5.75 Å². The standard InChI is InChI=1S/C35H50N6O6/c1-24(2)19-29-35(46)41(5)22-32(43)37-26(20-25-13-7-6-8-14-25)23-47-30-16-10-9-15-27(30)33(44)39-28(21-31(42)38-29)34(45)36-17-11-12-18-40(3)4/h6-10,13-16,24,26,28-29H,11-12,17-23H2,1-5H3,(H,36,45)(H,37,43)(H,38,42)(H,39,44)/t26-,28+,29-/m1/s1. The molecule has 12 nitrogen and oxygen atoms in total. The maximum Gasteiger partial charge on any atom is 0.255 e. The second kappa shape index (κ2) is 18.6. The Hall–Kier alpha value is -4.45. The van der Waals surface area contributed by atoms with Crippen LogP contribution < -0.4 is 26.0 Å². The van der Waals surface area contributed by atoms with Gasteiger partial charge in [-0.3, -0.25) is 24.0 Å². The third-order valence-corrected chi connectivity index (χ3v) is 7.70. The molecule has 0 spiro atoms. The highest BCUT2D eigenvalue weighted by molar-refractivity contribution is 6.01. The number of fused-ring (bicyclic) bond motifs is 1. The predicted octanol–water partition coefficient (Wildman–Crippen LogP) is 1.74. The number of amides is 5. The quantitative estimate of drug-likeness (QED) is 0.286. The summed E-state index contributed by atoms with van der Waals surface area (Å²) in [6, 6.07) is 13.6. The average molecular weight is 651 g/mol. The maximum absolute atomic E-state index is 13.6. The molecule has 3 atom stereocenters.